The highest BCUT2D eigenvalue weighted by Crippen LogP contribution is 2.38. The number of amidine groups is 1. The van der Waals surface area contributed by atoms with Gasteiger partial charge in [0.2, 0.25) is 0 Å². The van der Waals surface area contributed by atoms with Crippen LogP contribution in [0.4, 0.5) is 20.6 Å². The molecule has 3 rings (SSSR count). The van der Waals surface area contributed by atoms with Gasteiger partial charge in [-0.15, -0.1) is 0 Å². The number of hydrogen-bond donors (Lipinski definition) is 1. The lowest BCUT2D eigenvalue weighted by molar-refractivity contribution is 0.0517. The van der Waals surface area contributed by atoms with Crippen molar-refractivity contribution in [3.63, 3.8) is 0 Å². The normalized spacial score (nSPS) is 14.4. The van der Waals surface area contributed by atoms with Crippen LogP contribution in [0, 0.1) is 5.82 Å². The molecule has 0 saturated carbocycles. The van der Waals surface area contributed by atoms with Crippen LogP contribution >= 0.6 is 0 Å². The summed E-state index contributed by atoms with van der Waals surface area (Å²) in [6.45, 7) is 7.19. The number of nitrogens with one attached hydrogen (secondary N) is 1. The summed E-state index contributed by atoms with van der Waals surface area (Å²) in [7, 11) is 0. The SMILES string of the molecule is CC[C@H](NC(=O)OC(C)(C)C)C1=Nc2cccc(F)c2C(=C=O)N1c1ccccc1. The Hall–Kier alpha value is -3.44. The molecule has 1 amide bonds. The maximum Gasteiger partial charge on any atom is 0.408 e. The number of carbonyl (C=O) groups excluding carboxylic acids is 2. The Morgan fingerprint density at radius 2 is 1.90 bits per heavy atom. The zero-order chi connectivity index (χ0) is 21.9. The Balaban J connectivity index is 2.12. The fourth-order valence-corrected chi connectivity index (χ4v) is 3.21. The van der Waals surface area contributed by atoms with Crippen LogP contribution in [-0.4, -0.2) is 29.5 Å². The monoisotopic (exact) mass is 409 g/mol. The number of fused-ring (bicyclic) bond motifs is 1. The van der Waals surface area contributed by atoms with E-state index < -0.39 is 23.6 Å². The van der Waals surface area contributed by atoms with E-state index in [0.717, 1.165) is 0 Å². The average Bonchev–Trinajstić information content (AvgIpc) is 2.70. The fraction of sp³-hybridized carbons (Fsp3) is 0.304. The first-order valence-electron chi connectivity index (χ1n) is 9.72. The van der Waals surface area contributed by atoms with Gasteiger partial charge < -0.3 is 10.1 Å². The number of para-hydroxylation sites is 1. The Labute approximate surface area is 175 Å². The second-order valence-electron chi connectivity index (χ2n) is 7.83. The average molecular weight is 409 g/mol. The lowest BCUT2D eigenvalue weighted by Crippen LogP contribution is -2.50. The third kappa shape index (κ3) is 4.42. The van der Waals surface area contributed by atoms with Crippen LogP contribution in [0.1, 0.15) is 39.7 Å². The molecular weight excluding hydrogens is 385 g/mol. The number of amides is 1. The molecule has 0 radical (unpaired) electrons. The molecule has 1 aliphatic heterocycles. The van der Waals surface area contributed by atoms with Crippen molar-refractivity contribution >= 4 is 34.9 Å². The number of hydrogen-bond acceptors (Lipinski definition) is 5. The Morgan fingerprint density at radius 3 is 2.50 bits per heavy atom. The van der Waals surface area contributed by atoms with Gasteiger partial charge in [0.25, 0.3) is 0 Å². The summed E-state index contributed by atoms with van der Waals surface area (Å²) >= 11 is 0. The maximum atomic E-state index is 14.6. The van der Waals surface area contributed by atoms with Crippen LogP contribution in [0.3, 0.4) is 0 Å². The molecule has 156 valence electrons. The van der Waals surface area contributed by atoms with Gasteiger partial charge in [0.15, 0.2) is 5.94 Å². The van der Waals surface area contributed by atoms with Gasteiger partial charge in [-0.1, -0.05) is 31.2 Å². The molecule has 1 heterocycles. The molecule has 7 heteroatoms. The minimum absolute atomic E-state index is 0.00346. The van der Waals surface area contributed by atoms with Gasteiger partial charge >= 0.3 is 6.09 Å². The molecule has 6 nitrogen and oxygen atoms in total. The molecule has 2 aromatic carbocycles. The number of halogens is 1. The van der Waals surface area contributed by atoms with Gasteiger partial charge in [0.1, 0.15) is 23.0 Å². The van der Waals surface area contributed by atoms with E-state index in [0.29, 0.717) is 23.6 Å². The first-order valence-corrected chi connectivity index (χ1v) is 9.72. The standard InChI is InChI=1S/C23H24FN3O3/c1-5-17(26-22(29)30-23(2,3)4)21-25-18-13-9-12-16(24)20(18)19(14-28)27(21)15-10-7-6-8-11-15/h6-13,17H,5H2,1-4H3,(H,26,29)/t17-/m0/s1. The molecule has 0 unspecified atom stereocenters. The number of ether oxygens (including phenoxy) is 1. The van der Waals surface area contributed by atoms with Gasteiger partial charge in [-0.2, -0.15) is 0 Å². The molecule has 2 aromatic rings. The third-order valence-corrected chi connectivity index (χ3v) is 4.44. The molecule has 1 aliphatic rings. The van der Waals surface area contributed by atoms with Crippen LogP contribution < -0.4 is 10.2 Å². The van der Waals surface area contributed by atoms with Crippen LogP contribution in [0.2, 0.25) is 0 Å². The van der Waals surface area contributed by atoms with E-state index in [2.05, 4.69) is 10.3 Å². The Morgan fingerprint density at radius 1 is 1.20 bits per heavy atom. The van der Waals surface area contributed by atoms with Gasteiger partial charge in [0.05, 0.1) is 17.3 Å². The maximum absolute atomic E-state index is 14.6. The molecule has 0 bridgehead atoms. The smallest absolute Gasteiger partial charge is 0.408 e. The Kier molecular flexibility index (Phi) is 6.04. The van der Waals surface area contributed by atoms with Crippen molar-refractivity contribution in [2.75, 3.05) is 4.90 Å². The molecule has 0 aromatic heterocycles. The van der Waals surface area contributed by atoms with Crippen molar-refractivity contribution in [3.05, 3.63) is 59.9 Å². The predicted octanol–water partition coefficient (Wildman–Crippen LogP) is 4.85. The molecule has 1 atom stereocenters. The zero-order valence-corrected chi connectivity index (χ0v) is 17.4. The summed E-state index contributed by atoms with van der Waals surface area (Å²) in [5, 5.41) is 2.81. The van der Waals surface area contributed by atoms with Crippen LogP contribution in [-0.2, 0) is 9.53 Å². The largest absolute Gasteiger partial charge is 0.444 e. The second-order valence-corrected chi connectivity index (χ2v) is 7.83. The summed E-state index contributed by atoms with van der Waals surface area (Å²) in [4.78, 5) is 30.5. The molecule has 1 N–H and O–H groups in total. The third-order valence-electron chi connectivity index (χ3n) is 4.44. The van der Waals surface area contributed by atoms with E-state index in [1.54, 1.807) is 51.1 Å². The molecule has 0 aliphatic carbocycles. The molecule has 0 saturated heterocycles. The number of alkyl carbamates (subject to hydrolysis) is 1. The zero-order valence-electron chi connectivity index (χ0n) is 17.4. The van der Waals surface area contributed by atoms with Gasteiger partial charge in [-0.3, -0.25) is 4.90 Å². The topological polar surface area (TPSA) is 71.0 Å². The van der Waals surface area contributed by atoms with Crippen LogP contribution in [0.25, 0.3) is 5.70 Å². The molecule has 30 heavy (non-hydrogen) atoms. The number of carbonyl (C=O) groups is 1. The highest BCUT2D eigenvalue weighted by Gasteiger charge is 2.34. The van der Waals surface area contributed by atoms with Gasteiger partial charge in [-0.05, 0) is 51.5 Å². The number of rotatable bonds is 4. The number of anilines is 1. The van der Waals surface area contributed by atoms with E-state index in [9.17, 15) is 14.0 Å². The quantitative estimate of drug-likeness (QED) is 0.733. The van der Waals surface area contributed by atoms with E-state index in [-0.39, 0.29) is 11.3 Å². The van der Waals surface area contributed by atoms with E-state index >= 15 is 0 Å². The summed E-state index contributed by atoms with van der Waals surface area (Å²) in [6, 6.07) is 12.8. The molecule has 0 fully saturated rings. The highest BCUT2D eigenvalue weighted by molar-refractivity contribution is 6.20. The summed E-state index contributed by atoms with van der Waals surface area (Å²) < 4.78 is 20.0. The summed E-state index contributed by atoms with van der Waals surface area (Å²) in [6.07, 6.45) is -0.134. The van der Waals surface area contributed by atoms with Crippen molar-refractivity contribution in [1.82, 2.24) is 5.32 Å². The summed E-state index contributed by atoms with van der Waals surface area (Å²) in [5.41, 5.74) is 0.322. The lowest BCUT2D eigenvalue weighted by Gasteiger charge is -2.35. The van der Waals surface area contributed by atoms with Crippen molar-refractivity contribution in [2.45, 2.75) is 45.8 Å². The highest BCUT2D eigenvalue weighted by atomic mass is 19.1. The first-order chi connectivity index (χ1) is 14.2. The summed E-state index contributed by atoms with van der Waals surface area (Å²) in [5.74, 6) is 1.69. The number of nitrogens with zero attached hydrogens (tertiary/aromatic N) is 2. The van der Waals surface area contributed by atoms with E-state index in [1.165, 1.54) is 17.0 Å². The van der Waals surface area contributed by atoms with Crippen molar-refractivity contribution in [3.8, 4) is 0 Å². The Bertz CT molecular complexity index is 1020. The fourth-order valence-electron chi connectivity index (χ4n) is 3.21. The minimum atomic E-state index is -0.667. The molecule has 0 spiro atoms. The van der Waals surface area contributed by atoms with Crippen LogP contribution in [0.15, 0.2) is 53.5 Å². The van der Waals surface area contributed by atoms with E-state index in [1.807, 2.05) is 18.9 Å². The van der Waals surface area contributed by atoms with Gasteiger partial charge in [0, 0.05) is 5.69 Å². The van der Waals surface area contributed by atoms with Crippen molar-refractivity contribution < 1.29 is 18.7 Å². The number of aliphatic imine (C=N–C) groups is 1. The van der Waals surface area contributed by atoms with Crippen LogP contribution in [0.5, 0.6) is 0 Å². The lowest BCUT2D eigenvalue weighted by atomic mass is 10.0. The number of benzene rings is 2. The van der Waals surface area contributed by atoms with Gasteiger partial charge in [-0.25, -0.2) is 19.0 Å². The minimum Gasteiger partial charge on any atom is -0.444 e. The first kappa shape index (κ1) is 21.3. The van der Waals surface area contributed by atoms with Crippen molar-refractivity contribution in [1.29, 1.82) is 0 Å². The molecular formula is C23H24FN3O3. The second kappa shape index (κ2) is 8.51. The van der Waals surface area contributed by atoms with E-state index in [4.69, 9.17) is 4.74 Å². The van der Waals surface area contributed by atoms with Crippen molar-refractivity contribution in [2.24, 2.45) is 4.99 Å². The predicted molar refractivity (Wildman–Crippen MR) is 115 cm³/mol.